The highest BCUT2D eigenvalue weighted by Gasteiger charge is 2.15. The summed E-state index contributed by atoms with van der Waals surface area (Å²) >= 11 is 0. The van der Waals surface area contributed by atoms with E-state index in [9.17, 15) is 8.60 Å². The number of nitrogens with two attached hydrogens (primary N) is 1. The molecule has 1 unspecified atom stereocenters. The first kappa shape index (κ1) is 13.8. The van der Waals surface area contributed by atoms with Gasteiger partial charge in [0.05, 0.1) is 5.75 Å². The van der Waals surface area contributed by atoms with Crippen LogP contribution in [0.15, 0.2) is 46.0 Å². The van der Waals surface area contributed by atoms with Crippen LogP contribution < -0.4 is 5.73 Å². The van der Waals surface area contributed by atoms with E-state index in [4.69, 9.17) is 10.2 Å². The maximum Gasteiger partial charge on any atom is 0.288 e. The lowest BCUT2D eigenvalue weighted by Gasteiger charge is -2.03. The van der Waals surface area contributed by atoms with Gasteiger partial charge in [-0.2, -0.15) is 0 Å². The van der Waals surface area contributed by atoms with Crippen molar-refractivity contribution in [1.82, 2.24) is 4.98 Å². The molecule has 3 rings (SSSR count). The zero-order valence-electron chi connectivity index (χ0n) is 11.3. The van der Waals surface area contributed by atoms with Crippen LogP contribution in [0.3, 0.4) is 0 Å². The van der Waals surface area contributed by atoms with Gasteiger partial charge in [0.1, 0.15) is 22.1 Å². The van der Waals surface area contributed by atoms with Crippen LogP contribution in [0, 0.1) is 12.7 Å². The van der Waals surface area contributed by atoms with Gasteiger partial charge in [-0.15, -0.1) is 0 Å². The Hall–Kier alpha value is -2.21. The number of aryl methyl sites for hydroxylation is 1. The molecule has 3 aromatic rings. The summed E-state index contributed by atoms with van der Waals surface area (Å²) in [7, 11) is -1.43. The predicted molar refractivity (Wildman–Crippen MR) is 79.7 cm³/mol. The summed E-state index contributed by atoms with van der Waals surface area (Å²) < 4.78 is 30.9. The van der Waals surface area contributed by atoms with Crippen LogP contribution in [0.25, 0.3) is 11.1 Å². The van der Waals surface area contributed by atoms with Crippen molar-refractivity contribution >= 4 is 27.6 Å². The standard InChI is InChI=1S/C15H13FN2O2S/c1-9-6-11(16)3-2-10(9)8-21(19)15-18-13-5-4-12(17)7-14(13)20-15/h2-7H,8,17H2,1H3. The van der Waals surface area contributed by atoms with E-state index < -0.39 is 10.8 Å². The fourth-order valence-electron chi connectivity index (χ4n) is 2.04. The predicted octanol–water partition coefficient (Wildman–Crippen LogP) is 3.17. The summed E-state index contributed by atoms with van der Waals surface area (Å²) in [5.41, 5.74) is 8.91. The van der Waals surface area contributed by atoms with Crippen molar-refractivity contribution < 1.29 is 13.0 Å². The molecular weight excluding hydrogens is 291 g/mol. The van der Waals surface area contributed by atoms with Crippen LogP contribution >= 0.6 is 0 Å². The van der Waals surface area contributed by atoms with Gasteiger partial charge in [-0.1, -0.05) is 6.07 Å². The van der Waals surface area contributed by atoms with E-state index in [0.29, 0.717) is 16.8 Å². The summed E-state index contributed by atoms with van der Waals surface area (Å²) in [6.45, 7) is 1.78. The van der Waals surface area contributed by atoms with Crippen molar-refractivity contribution in [3.05, 3.63) is 53.3 Å². The number of hydrogen-bond donors (Lipinski definition) is 1. The Bertz CT molecular complexity index is 845. The maximum atomic E-state index is 13.1. The molecule has 0 aliphatic rings. The summed E-state index contributed by atoms with van der Waals surface area (Å²) in [5.74, 6) is -0.0756. The van der Waals surface area contributed by atoms with Gasteiger partial charge < -0.3 is 10.2 Å². The minimum Gasteiger partial charge on any atom is -0.430 e. The van der Waals surface area contributed by atoms with Crippen LogP contribution in [0.1, 0.15) is 11.1 Å². The van der Waals surface area contributed by atoms with Gasteiger partial charge in [0.25, 0.3) is 5.22 Å². The molecule has 0 aliphatic heterocycles. The summed E-state index contributed by atoms with van der Waals surface area (Å²) in [4.78, 5) is 4.20. The van der Waals surface area contributed by atoms with Crippen LogP contribution in [0.5, 0.6) is 0 Å². The van der Waals surface area contributed by atoms with Crippen molar-refractivity contribution in [3.8, 4) is 0 Å². The Labute approximate surface area is 123 Å². The second-order valence-corrected chi connectivity index (χ2v) is 6.10. The van der Waals surface area contributed by atoms with E-state index in [0.717, 1.165) is 11.1 Å². The van der Waals surface area contributed by atoms with Crippen molar-refractivity contribution in [2.45, 2.75) is 17.9 Å². The first-order chi connectivity index (χ1) is 10.0. The van der Waals surface area contributed by atoms with Crippen molar-refractivity contribution in [3.63, 3.8) is 0 Å². The number of nitrogen functional groups attached to an aromatic ring is 1. The molecule has 0 aliphatic carbocycles. The number of halogens is 1. The highest BCUT2D eigenvalue weighted by molar-refractivity contribution is 7.84. The monoisotopic (exact) mass is 304 g/mol. The molecule has 2 aromatic carbocycles. The van der Waals surface area contributed by atoms with Gasteiger partial charge in [0.2, 0.25) is 0 Å². The SMILES string of the molecule is Cc1cc(F)ccc1CS(=O)c1nc2ccc(N)cc2o1. The smallest absolute Gasteiger partial charge is 0.288 e. The lowest BCUT2D eigenvalue weighted by atomic mass is 10.1. The minimum atomic E-state index is -1.43. The number of aromatic nitrogens is 1. The molecule has 1 aromatic heterocycles. The molecule has 0 fully saturated rings. The molecule has 0 saturated heterocycles. The maximum absolute atomic E-state index is 13.1. The molecule has 6 heteroatoms. The minimum absolute atomic E-state index is 0.152. The Kier molecular flexibility index (Phi) is 3.47. The molecule has 4 nitrogen and oxygen atoms in total. The Balaban J connectivity index is 1.89. The van der Waals surface area contributed by atoms with E-state index in [1.54, 1.807) is 31.2 Å². The topological polar surface area (TPSA) is 69.1 Å². The zero-order chi connectivity index (χ0) is 15.0. The molecular formula is C15H13FN2O2S. The number of rotatable bonds is 3. The fourth-order valence-corrected chi connectivity index (χ4v) is 3.15. The highest BCUT2D eigenvalue weighted by atomic mass is 32.2. The van der Waals surface area contributed by atoms with Gasteiger partial charge in [-0.3, -0.25) is 0 Å². The van der Waals surface area contributed by atoms with Gasteiger partial charge in [0.15, 0.2) is 5.58 Å². The van der Waals surface area contributed by atoms with Crippen LogP contribution in [0.2, 0.25) is 0 Å². The van der Waals surface area contributed by atoms with E-state index in [1.807, 2.05) is 0 Å². The number of nitrogens with zero attached hydrogens (tertiary/aromatic N) is 1. The third kappa shape index (κ3) is 2.80. The molecule has 21 heavy (non-hydrogen) atoms. The number of anilines is 1. The Morgan fingerprint density at radius 1 is 1.29 bits per heavy atom. The first-order valence-corrected chi connectivity index (χ1v) is 7.64. The van der Waals surface area contributed by atoms with E-state index >= 15 is 0 Å². The first-order valence-electron chi connectivity index (χ1n) is 6.32. The van der Waals surface area contributed by atoms with Gasteiger partial charge >= 0.3 is 0 Å². The molecule has 1 heterocycles. The summed E-state index contributed by atoms with van der Waals surface area (Å²) in [6.07, 6.45) is 0. The Morgan fingerprint density at radius 3 is 2.86 bits per heavy atom. The number of fused-ring (bicyclic) bond motifs is 1. The fraction of sp³-hybridized carbons (Fsp3) is 0.133. The Morgan fingerprint density at radius 2 is 2.10 bits per heavy atom. The molecule has 0 amide bonds. The van der Waals surface area contributed by atoms with E-state index in [1.165, 1.54) is 12.1 Å². The molecule has 108 valence electrons. The van der Waals surface area contributed by atoms with Crippen LogP contribution in [-0.4, -0.2) is 9.19 Å². The van der Waals surface area contributed by atoms with E-state index in [-0.39, 0.29) is 16.8 Å². The van der Waals surface area contributed by atoms with Gasteiger partial charge in [-0.25, -0.2) is 13.6 Å². The van der Waals surface area contributed by atoms with Crippen LogP contribution in [-0.2, 0) is 16.6 Å². The highest BCUT2D eigenvalue weighted by Crippen LogP contribution is 2.22. The second kappa shape index (κ2) is 5.29. The van der Waals surface area contributed by atoms with Crippen LogP contribution in [0.4, 0.5) is 10.1 Å². The lowest BCUT2D eigenvalue weighted by Crippen LogP contribution is -1.99. The average molecular weight is 304 g/mol. The van der Waals surface area contributed by atoms with Gasteiger partial charge in [-0.05, 0) is 42.3 Å². The average Bonchev–Trinajstić information content (AvgIpc) is 2.85. The molecule has 0 radical (unpaired) electrons. The van der Waals surface area contributed by atoms with Gasteiger partial charge in [0, 0.05) is 11.8 Å². The largest absolute Gasteiger partial charge is 0.430 e. The lowest BCUT2D eigenvalue weighted by molar-refractivity contribution is 0.477. The summed E-state index contributed by atoms with van der Waals surface area (Å²) in [6, 6.07) is 9.47. The van der Waals surface area contributed by atoms with E-state index in [2.05, 4.69) is 4.98 Å². The quantitative estimate of drug-likeness (QED) is 0.755. The second-order valence-electron chi connectivity index (χ2n) is 4.77. The third-order valence-electron chi connectivity index (χ3n) is 3.18. The molecule has 1 atom stereocenters. The zero-order valence-corrected chi connectivity index (χ0v) is 12.1. The van der Waals surface area contributed by atoms with Crippen molar-refractivity contribution in [2.24, 2.45) is 0 Å². The summed E-state index contributed by atoms with van der Waals surface area (Å²) in [5, 5.41) is 0.152. The van der Waals surface area contributed by atoms with Crippen molar-refractivity contribution in [2.75, 3.05) is 5.73 Å². The number of oxazole rings is 1. The molecule has 2 N–H and O–H groups in total. The third-order valence-corrected chi connectivity index (χ3v) is 4.32. The molecule has 0 bridgehead atoms. The molecule has 0 spiro atoms. The number of benzene rings is 2. The normalized spacial score (nSPS) is 12.7. The molecule has 0 saturated carbocycles. The number of hydrogen-bond acceptors (Lipinski definition) is 4. The van der Waals surface area contributed by atoms with Crippen molar-refractivity contribution in [1.29, 1.82) is 0 Å².